The lowest BCUT2D eigenvalue weighted by Gasteiger charge is -2.48. The molecule has 2 aromatic carbocycles. The molecule has 1 aromatic heterocycles. The zero-order chi connectivity index (χ0) is 23.9. The second kappa shape index (κ2) is 8.35. The highest BCUT2D eigenvalue weighted by Crippen LogP contribution is 2.53. The van der Waals surface area contributed by atoms with Crippen LogP contribution in [0.2, 0.25) is 0 Å². The van der Waals surface area contributed by atoms with E-state index in [0.29, 0.717) is 11.4 Å². The van der Waals surface area contributed by atoms with Gasteiger partial charge in [-0.25, -0.2) is 14.8 Å². The largest absolute Gasteiger partial charge is 0.465 e. The third-order valence-corrected chi connectivity index (χ3v) is 7.13. The van der Waals surface area contributed by atoms with E-state index in [1.807, 2.05) is 55.6 Å². The van der Waals surface area contributed by atoms with Crippen molar-refractivity contribution >= 4 is 11.8 Å². The van der Waals surface area contributed by atoms with Crippen molar-refractivity contribution in [1.82, 2.24) is 9.97 Å². The first-order valence-electron chi connectivity index (χ1n) is 11.3. The van der Waals surface area contributed by atoms with E-state index in [2.05, 4.69) is 11.1 Å². The van der Waals surface area contributed by atoms with Crippen LogP contribution in [0.15, 0.2) is 72.4 Å². The summed E-state index contributed by atoms with van der Waals surface area (Å²) in [5.41, 5.74) is 3.15. The number of carbonyl (C=O) groups is 2. The maximum atomic E-state index is 13.0. The number of nitrogens with zero attached hydrogens (tertiary/aromatic N) is 3. The Balaban J connectivity index is 1.83. The van der Waals surface area contributed by atoms with Crippen molar-refractivity contribution in [3.63, 3.8) is 0 Å². The van der Waals surface area contributed by atoms with Gasteiger partial charge < -0.3 is 4.74 Å². The van der Waals surface area contributed by atoms with Crippen molar-refractivity contribution in [1.29, 1.82) is 5.26 Å². The summed E-state index contributed by atoms with van der Waals surface area (Å²) >= 11 is 0. The van der Waals surface area contributed by atoms with Gasteiger partial charge in [-0.1, -0.05) is 49.4 Å². The number of esters is 1. The van der Waals surface area contributed by atoms with Crippen molar-refractivity contribution in [2.75, 3.05) is 7.11 Å². The Labute approximate surface area is 197 Å². The number of benzene rings is 2. The number of Topliss-reactive ketones (excluding diaryl/α,β-unsaturated/α-hetero) is 1. The molecule has 6 heteroatoms. The number of hydrogen-bond donors (Lipinski definition) is 0. The summed E-state index contributed by atoms with van der Waals surface area (Å²) in [7, 11) is 1.35. The zero-order valence-corrected chi connectivity index (χ0v) is 19.0. The van der Waals surface area contributed by atoms with Crippen LogP contribution in [0.25, 0.3) is 11.4 Å². The van der Waals surface area contributed by atoms with Gasteiger partial charge in [0.15, 0.2) is 11.6 Å². The minimum Gasteiger partial charge on any atom is -0.465 e. The lowest BCUT2D eigenvalue weighted by Crippen LogP contribution is -2.48. The van der Waals surface area contributed by atoms with Gasteiger partial charge in [-0.2, -0.15) is 5.26 Å². The fourth-order valence-corrected chi connectivity index (χ4v) is 5.48. The highest BCUT2D eigenvalue weighted by atomic mass is 16.5. The van der Waals surface area contributed by atoms with Crippen LogP contribution >= 0.6 is 0 Å². The highest BCUT2D eigenvalue weighted by Gasteiger charge is 2.53. The number of carbonyl (C=O) groups excluding carboxylic acids is 2. The van der Waals surface area contributed by atoms with Crippen LogP contribution in [-0.2, 0) is 21.4 Å². The molecule has 2 aliphatic carbocycles. The second-order valence-corrected chi connectivity index (χ2v) is 8.84. The van der Waals surface area contributed by atoms with E-state index >= 15 is 0 Å². The molecular weight excluding hydrogens is 426 g/mol. The maximum absolute atomic E-state index is 13.0. The summed E-state index contributed by atoms with van der Waals surface area (Å²) in [6.07, 6.45) is 5.11. The molecule has 0 spiro atoms. The van der Waals surface area contributed by atoms with Gasteiger partial charge in [-0.3, -0.25) is 4.79 Å². The van der Waals surface area contributed by atoms with Crippen molar-refractivity contribution in [2.24, 2.45) is 11.8 Å². The predicted molar refractivity (Wildman–Crippen MR) is 126 cm³/mol. The summed E-state index contributed by atoms with van der Waals surface area (Å²) < 4.78 is 4.95. The molecule has 0 aliphatic heterocycles. The van der Waals surface area contributed by atoms with Crippen molar-refractivity contribution in [3.05, 3.63) is 94.8 Å². The quantitative estimate of drug-likeness (QED) is 0.549. The van der Waals surface area contributed by atoms with Crippen LogP contribution in [-0.4, -0.2) is 28.8 Å². The minimum absolute atomic E-state index is 0.115. The van der Waals surface area contributed by atoms with Gasteiger partial charge in [0.2, 0.25) is 0 Å². The first kappa shape index (κ1) is 21.7. The van der Waals surface area contributed by atoms with Gasteiger partial charge in [0.05, 0.1) is 29.4 Å². The van der Waals surface area contributed by atoms with Gasteiger partial charge in [-0.15, -0.1) is 0 Å². The number of hydrogen-bond acceptors (Lipinski definition) is 6. The standard InChI is InChI=1S/C28H23N3O3/c1-17-23-12-11-20-16-30-26(18-7-4-3-5-8-18)31-25(20)28(23,14-21(15-29)24(17)32)22-10-6-9-19(13-22)27(33)34-2/h3-10,13-14,16-17,23H,11-12H2,1-2H3/t17-,23-,28+/m0/s1. The van der Waals surface area contributed by atoms with Crippen LogP contribution in [0, 0.1) is 23.2 Å². The molecule has 3 aromatic rings. The Kier molecular flexibility index (Phi) is 5.33. The van der Waals surface area contributed by atoms with Crippen LogP contribution in [0.3, 0.4) is 0 Å². The van der Waals surface area contributed by atoms with Crippen LogP contribution in [0.5, 0.6) is 0 Å². The van der Waals surface area contributed by atoms with Crippen molar-refractivity contribution in [3.8, 4) is 17.5 Å². The normalized spacial score (nSPS) is 23.2. The van der Waals surface area contributed by atoms with Crippen LogP contribution in [0.4, 0.5) is 0 Å². The van der Waals surface area contributed by atoms with E-state index in [-0.39, 0.29) is 23.2 Å². The number of rotatable bonds is 3. The monoisotopic (exact) mass is 449 g/mol. The Morgan fingerprint density at radius 1 is 1.18 bits per heavy atom. The average molecular weight is 450 g/mol. The molecular formula is C28H23N3O3. The first-order valence-corrected chi connectivity index (χ1v) is 11.3. The molecule has 0 bridgehead atoms. The average Bonchev–Trinajstić information content (AvgIpc) is 2.90. The van der Waals surface area contributed by atoms with Gasteiger partial charge >= 0.3 is 5.97 Å². The number of ketones is 1. The molecule has 0 unspecified atom stereocenters. The SMILES string of the molecule is COC(=O)c1cccc([C@]23C=C(C#N)C(=O)[C@@H](C)[C@@H]2CCc2cnc(-c4ccccc4)nc23)c1. The van der Waals surface area contributed by atoms with E-state index in [1.165, 1.54) is 7.11 Å². The first-order chi connectivity index (χ1) is 16.5. The number of aryl methyl sites for hydroxylation is 1. The molecule has 168 valence electrons. The summed E-state index contributed by atoms with van der Waals surface area (Å²) in [5, 5.41) is 9.85. The molecule has 6 nitrogen and oxygen atoms in total. The predicted octanol–water partition coefficient (Wildman–Crippen LogP) is 4.45. The topological polar surface area (TPSA) is 92.9 Å². The molecule has 0 amide bonds. The molecule has 2 aliphatic rings. The number of nitriles is 1. The van der Waals surface area contributed by atoms with Gasteiger partial charge in [0.1, 0.15) is 6.07 Å². The molecule has 0 N–H and O–H groups in total. The van der Waals surface area contributed by atoms with Gasteiger partial charge in [-0.05, 0) is 48.1 Å². The Hall–Kier alpha value is -4.11. The third-order valence-electron chi connectivity index (χ3n) is 7.13. The fourth-order valence-electron chi connectivity index (χ4n) is 5.48. The molecule has 0 fully saturated rings. The van der Waals surface area contributed by atoms with E-state index in [9.17, 15) is 14.9 Å². The lowest BCUT2D eigenvalue weighted by atomic mass is 9.54. The highest BCUT2D eigenvalue weighted by molar-refractivity contribution is 6.02. The zero-order valence-electron chi connectivity index (χ0n) is 19.0. The summed E-state index contributed by atoms with van der Waals surface area (Å²) in [5.74, 6) is -0.489. The van der Waals surface area contributed by atoms with Crippen LogP contribution in [0.1, 0.15) is 40.5 Å². The Bertz CT molecular complexity index is 1370. The van der Waals surface area contributed by atoms with E-state index in [4.69, 9.17) is 9.72 Å². The smallest absolute Gasteiger partial charge is 0.337 e. The van der Waals surface area contributed by atoms with Crippen LogP contribution < -0.4 is 0 Å². The maximum Gasteiger partial charge on any atom is 0.337 e. The number of allylic oxidation sites excluding steroid dienone is 2. The van der Waals surface area contributed by atoms with Crippen molar-refractivity contribution in [2.45, 2.75) is 25.2 Å². The summed E-state index contributed by atoms with van der Waals surface area (Å²) in [6.45, 7) is 1.89. The second-order valence-electron chi connectivity index (χ2n) is 8.84. The lowest BCUT2D eigenvalue weighted by molar-refractivity contribution is -0.121. The van der Waals surface area contributed by atoms with Gasteiger partial charge in [0.25, 0.3) is 0 Å². The molecule has 0 radical (unpaired) electrons. The fraction of sp³-hybridized carbons (Fsp3) is 0.250. The summed E-state index contributed by atoms with van der Waals surface area (Å²) in [6, 6.07) is 19.1. The van der Waals surface area contributed by atoms with E-state index in [0.717, 1.165) is 35.2 Å². The van der Waals surface area contributed by atoms with E-state index in [1.54, 1.807) is 18.2 Å². The molecule has 5 rings (SSSR count). The molecule has 0 saturated heterocycles. The van der Waals surface area contributed by atoms with Crippen molar-refractivity contribution < 1.29 is 14.3 Å². The minimum atomic E-state index is -0.845. The Morgan fingerprint density at radius 3 is 2.71 bits per heavy atom. The third kappa shape index (κ3) is 3.24. The summed E-state index contributed by atoms with van der Waals surface area (Å²) in [4.78, 5) is 35.0. The van der Waals surface area contributed by atoms with Gasteiger partial charge in [0, 0.05) is 17.7 Å². The number of methoxy groups -OCH3 is 1. The number of fused-ring (bicyclic) bond motifs is 3. The molecule has 3 atom stereocenters. The number of ether oxygens (including phenoxy) is 1. The Morgan fingerprint density at radius 2 is 1.97 bits per heavy atom. The molecule has 0 saturated carbocycles. The molecule has 34 heavy (non-hydrogen) atoms. The number of aromatic nitrogens is 2. The van der Waals surface area contributed by atoms with E-state index < -0.39 is 11.4 Å². The molecule has 1 heterocycles.